The predicted octanol–water partition coefficient (Wildman–Crippen LogP) is -0.925. The van der Waals surface area contributed by atoms with Gasteiger partial charge >= 0.3 is 49.7 Å². The summed E-state index contributed by atoms with van der Waals surface area (Å²) in [6, 6.07) is 4.63. The van der Waals surface area contributed by atoms with E-state index in [1.54, 1.807) is 21.9 Å². The van der Waals surface area contributed by atoms with Gasteiger partial charge in [-0.25, -0.2) is 4.79 Å². The molecule has 178 valence electrons. The zero-order valence-corrected chi connectivity index (χ0v) is 20.7. The van der Waals surface area contributed by atoms with Crippen LogP contribution in [0, 0.1) is 5.41 Å². The fourth-order valence-electron chi connectivity index (χ4n) is 3.96. The van der Waals surface area contributed by atoms with Crippen LogP contribution in [0.4, 0.5) is 23.1 Å². The van der Waals surface area contributed by atoms with Crippen molar-refractivity contribution < 1.29 is 24.6 Å². The van der Waals surface area contributed by atoms with Gasteiger partial charge < -0.3 is 31.5 Å². The SMILES string of the molecule is N=C1N(c2ccc(C(=O)NC(CCC(=O)O)C(=O)O)cc2)CC2CNc3nc(N)[nH]c(=O)c3N12.[Ca+2]. The molecule has 2 aromatic rings. The number of anilines is 4. The normalized spacial score (nSPS) is 16.9. The second-order valence-corrected chi connectivity index (χ2v) is 7.83. The molecule has 2 atom stereocenters. The molecule has 2 unspecified atom stereocenters. The van der Waals surface area contributed by atoms with Crippen molar-refractivity contribution >= 4 is 84.7 Å². The van der Waals surface area contributed by atoms with E-state index in [1.165, 1.54) is 12.1 Å². The van der Waals surface area contributed by atoms with E-state index in [9.17, 15) is 24.3 Å². The number of nitrogen functional groups attached to an aromatic ring is 1. The average Bonchev–Trinajstić information content (AvgIpc) is 3.12. The number of nitrogens with one attached hydrogen (secondary N) is 4. The van der Waals surface area contributed by atoms with E-state index in [4.69, 9.17) is 16.2 Å². The number of aromatic amines is 1. The minimum Gasteiger partial charge on any atom is -0.481 e. The van der Waals surface area contributed by atoms with Crippen LogP contribution in [0.5, 0.6) is 0 Å². The minimum atomic E-state index is -1.33. The van der Waals surface area contributed by atoms with Gasteiger partial charge in [0.2, 0.25) is 11.9 Å². The molecule has 1 aromatic heterocycles. The van der Waals surface area contributed by atoms with Gasteiger partial charge in [0.25, 0.3) is 11.5 Å². The summed E-state index contributed by atoms with van der Waals surface area (Å²) >= 11 is 0. The first-order valence-electron chi connectivity index (χ1n) is 10.3. The van der Waals surface area contributed by atoms with Crippen molar-refractivity contribution in [2.24, 2.45) is 0 Å². The van der Waals surface area contributed by atoms with Crippen molar-refractivity contribution in [1.82, 2.24) is 15.3 Å². The van der Waals surface area contributed by atoms with Gasteiger partial charge in [0.15, 0.2) is 11.5 Å². The Morgan fingerprint density at radius 2 is 1.94 bits per heavy atom. The monoisotopic (exact) mass is 510 g/mol. The van der Waals surface area contributed by atoms with Crippen molar-refractivity contribution in [3.63, 3.8) is 0 Å². The number of carbonyl (C=O) groups excluding carboxylic acids is 1. The summed E-state index contributed by atoms with van der Waals surface area (Å²) in [5, 5.41) is 32.0. The standard InChI is InChI=1S/C20H22N8O6.Ca/c21-19-25-15-14(17(32)26-19)28-11(7-23-15)8-27(20(28)22)10-3-1-9(2-4-10)16(31)24-12(18(33)34)5-6-13(29)30;/h1-4,11-12,22H,5-8H2,(H,24,31)(H,29,30)(H,33,34)(H4,21,23,25,26,32);/q;+2. The molecule has 2 aliphatic rings. The number of guanidine groups is 1. The van der Waals surface area contributed by atoms with E-state index < -0.39 is 35.9 Å². The van der Waals surface area contributed by atoms with Crippen LogP contribution in [-0.4, -0.2) is 107 Å². The van der Waals surface area contributed by atoms with Crippen LogP contribution in [0.1, 0.15) is 23.2 Å². The van der Waals surface area contributed by atoms with Crippen LogP contribution in [0.15, 0.2) is 29.1 Å². The third-order valence-corrected chi connectivity index (χ3v) is 5.59. The molecule has 0 saturated carbocycles. The molecule has 1 saturated heterocycles. The molecule has 0 bridgehead atoms. The molecule has 1 amide bonds. The van der Waals surface area contributed by atoms with E-state index in [-0.39, 0.29) is 73.4 Å². The van der Waals surface area contributed by atoms with Gasteiger partial charge in [-0.15, -0.1) is 0 Å². The van der Waals surface area contributed by atoms with E-state index in [2.05, 4.69) is 20.6 Å². The summed E-state index contributed by atoms with van der Waals surface area (Å²) in [7, 11) is 0. The molecule has 1 aromatic carbocycles. The number of hydrogen-bond donors (Lipinski definition) is 7. The fourth-order valence-corrected chi connectivity index (χ4v) is 3.96. The quantitative estimate of drug-likeness (QED) is 0.226. The average molecular weight is 511 g/mol. The number of aromatic nitrogens is 2. The number of carbonyl (C=O) groups is 3. The van der Waals surface area contributed by atoms with Crippen LogP contribution in [0.3, 0.4) is 0 Å². The first kappa shape index (κ1) is 26.2. The number of carboxylic acids is 2. The van der Waals surface area contributed by atoms with Crippen LogP contribution in [-0.2, 0) is 9.59 Å². The number of carboxylic acid groups (broad SMARTS) is 2. The minimum absolute atomic E-state index is 0. The number of hydrogen-bond acceptors (Lipinski definition) is 8. The maximum absolute atomic E-state index is 12.5. The largest absolute Gasteiger partial charge is 2.00 e. The third-order valence-electron chi connectivity index (χ3n) is 5.59. The van der Waals surface area contributed by atoms with Crippen molar-refractivity contribution in [3.8, 4) is 0 Å². The smallest absolute Gasteiger partial charge is 0.481 e. The Morgan fingerprint density at radius 3 is 2.57 bits per heavy atom. The summed E-state index contributed by atoms with van der Waals surface area (Å²) in [6.07, 6.45) is -0.639. The third kappa shape index (κ3) is 5.33. The first-order chi connectivity index (χ1) is 16.2. The molecule has 14 nitrogen and oxygen atoms in total. The number of aliphatic carboxylic acids is 2. The second kappa shape index (κ2) is 10.5. The van der Waals surface area contributed by atoms with Crippen molar-refractivity contribution in [1.29, 1.82) is 5.41 Å². The van der Waals surface area contributed by atoms with E-state index in [1.807, 2.05) is 0 Å². The molecule has 35 heavy (non-hydrogen) atoms. The molecule has 0 radical (unpaired) electrons. The Hall–Kier alpha value is -3.36. The molecule has 4 rings (SSSR count). The molecule has 15 heteroatoms. The molecule has 2 aliphatic heterocycles. The summed E-state index contributed by atoms with van der Waals surface area (Å²) in [5.41, 5.74) is 6.12. The van der Waals surface area contributed by atoms with E-state index in [0.717, 1.165) is 0 Å². The van der Waals surface area contributed by atoms with Gasteiger partial charge in [0.05, 0.1) is 6.04 Å². The van der Waals surface area contributed by atoms with Crippen LogP contribution in [0.25, 0.3) is 0 Å². The molecular formula is C20H22CaN8O6+2. The molecular weight excluding hydrogens is 488 g/mol. The molecule has 8 N–H and O–H groups in total. The maximum Gasteiger partial charge on any atom is 2.00 e. The Balaban J connectivity index is 0.00000342. The van der Waals surface area contributed by atoms with Crippen LogP contribution >= 0.6 is 0 Å². The number of benzene rings is 1. The summed E-state index contributed by atoms with van der Waals surface area (Å²) in [4.78, 5) is 56.7. The molecule has 0 aliphatic carbocycles. The summed E-state index contributed by atoms with van der Waals surface area (Å²) in [5.74, 6) is -2.82. The van der Waals surface area contributed by atoms with Gasteiger partial charge in [-0.3, -0.25) is 29.7 Å². The zero-order chi connectivity index (χ0) is 24.6. The second-order valence-electron chi connectivity index (χ2n) is 7.83. The molecule has 1 fully saturated rings. The number of rotatable bonds is 7. The Bertz CT molecular complexity index is 1230. The van der Waals surface area contributed by atoms with E-state index in [0.29, 0.717) is 24.6 Å². The zero-order valence-electron chi connectivity index (χ0n) is 18.4. The number of nitrogens with two attached hydrogens (primary N) is 1. The topological polar surface area (TPSA) is 218 Å². The Morgan fingerprint density at radius 1 is 1.26 bits per heavy atom. The van der Waals surface area contributed by atoms with Crippen molar-refractivity contribution in [2.45, 2.75) is 24.9 Å². The maximum atomic E-state index is 12.5. The van der Waals surface area contributed by atoms with Gasteiger partial charge in [0, 0.05) is 30.8 Å². The number of amides is 1. The Kier molecular flexibility index (Phi) is 7.87. The summed E-state index contributed by atoms with van der Waals surface area (Å²) < 4.78 is 0. The van der Waals surface area contributed by atoms with Crippen molar-refractivity contribution in [3.05, 3.63) is 40.2 Å². The fraction of sp³-hybridized carbons (Fsp3) is 0.300. The van der Waals surface area contributed by atoms with Gasteiger partial charge in [-0.05, 0) is 30.7 Å². The van der Waals surface area contributed by atoms with Crippen molar-refractivity contribution in [2.75, 3.05) is 33.9 Å². The molecule has 3 heterocycles. The van der Waals surface area contributed by atoms with Gasteiger partial charge in [0.1, 0.15) is 6.04 Å². The number of H-pyrrole nitrogens is 1. The predicted molar refractivity (Wildman–Crippen MR) is 127 cm³/mol. The van der Waals surface area contributed by atoms with Crippen LogP contribution in [0.2, 0.25) is 0 Å². The summed E-state index contributed by atoms with van der Waals surface area (Å²) in [6.45, 7) is 0.839. The number of nitrogens with zero attached hydrogens (tertiary/aromatic N) is 3. The first-order valence-corrected chi connectivity index (χ1v) is 10.3. The molecule has 0 spiro atoms. The number of fused-ring (bicyclic) bond motifs is 3. The Labute approximate surface area is 228 Å². The van der Waals surface area contributed by atoms with Gasteiger partial charge in [-0.2, -0.15) is 4.98 Å². The van der Waals surface area contributed by atoms with Gasteiger partial charge in [-0.1, -0.05) is 0 Å². The van der Waals surface area contributed by atoms with Crippen LogP contribution < -0.4 is 31.7 Å². The van der Waals surface area contributed by atoms with E-state index >= 15 is 0 Å².